The van der Waals surface area contributed by atoms with Crippen molar-refractivity contribution >= 4 is 49.3 Å². The third-order valence-electron chi connectivity index (χ3n) is 4.76. The van der Waals surface area contributed by atoms with Gasteiger partial charge in [0.2, 0.25) is 0 Å². The predicted octanol–water partition coefficient (Wildman–Crippen LogP) is 4.63. The molecule has 0 radical (unpaired) electrons. The Labute approximate surface area is 180 Å². The molecule has 4 aromatic rings. The van der Waals surface area contributed by atoms with Crippen molar-refractivity contribution < 1.29 is 9.47 Å². The Morgan fingerprint density at radius 2 is 1.90 bits per heavy atom. The van der Waals surface area contributed by atoms with Gasteiger partial charge in [-0.25, -0.2) is 9.38 Å². The first-order valence-electron chi connectivity index (χ1n) is 9.26. The molecule has 0 spiro atoms. The van der Waals surface area contributed by atoms with Crippen molar-refractivity contribution in [2.45, 2.75) is 33.8 Å². The first-order chi connectivity index (χ1) is 13.8. The Morgan fingerprint density at radius 3 is 2.59 bits per heavy atom. The highest BCUT2D eigenvalue weighted by molar-refractivity contribution is 9.10. The molecule has 0 aliphatic heterocycles. The fourth-order valence-electron chi connectivity index (χ4n) is 3.24. The van der Waals surface area contributed by atoms with Gasteiger partial charge >= 0.3 is 0 Å². The minimum Gasteiger partial charge on any atom is -0.493 e. The summed E-state index contributed by atoms with van der Waals surface area (Å²) in [4.78, 5) is 18.4. The van der Waals surface area contributed by atoms with E-state index in [1.807, 2.05) is 51.1 Å². The van der Waals surface area contributed by atoms with Crippen LogP contribution >= 0.6 is 27.3 Å². The van der Waals surface area contributed by atoms with E-state index in [1.54, 1.807) is 11.5 Å². The number of aryl methyl sites for hydroxylation is 2. The number of aromatic nitrogens is 2. The Balaban J connectivity index is 1.89. The summed E-state index contributed by atoms with van der Waals surface area (Å²) < 4.78 is 14.4. The van der Waals surface area contributed by atoms with E-state index in [-0.39, 0.29) is 11.7 Å². The van der Waals surface area contributed by atoms with Crippen molar-refractivity contribution in [1.82, 2.24) is 9.38 Å². The van der Waals surface area contributed by atoms with E-state index in [0.717, 1.165) is 26.6 Å². The van der Waals surface area contributed by atoms with Gasteiger partial charge in [0.15, 0.2) is 16.5 Å². The molecule has 150 valence electrons. The average Bonchev–Trinajstić information content (AvgIpc) is 3.13. The van der Waals surface area contributed by atoms with E-state index in [0.29, 0.717) is 21.0 Å². The van der Waals surface area contributed by atoms with Crippen molar-refractivity contribution in [3.05, 3.63) is 60.3 Å². The summed E-state index contributed by atoms with van der Waals surface area (Å²) in [5.74, 6) is 1.27. The molecule has 0 bridgehead atoms. The summed E-state index contributed by atoms with van der Waals surface area (Å²) in [6.07, 6.45) is 1.88. The van der Waals surface area contributed by atoms with Gasteiger partial charge in [0.05, 0.1) is 33.3 Å². The quantitative estimate of drug-likeness (QED) is 0.434. The normalized spacial score (nSPS) is 12.4. The van der Waals surface area contributed by atoms with Gasteiger partial charge in [0, 0.05) is 0 Å². The molecule has 0 aliphatic carbocycles. The summed E-state index contributed by atoms with van der Waals surface area (Å²) in [6, 6.07) is 7.85. The lowest BCUT2D eigenvalue weighted by molar-refractivity contribution is 0.228. The van der Waals surface area contributed by atoms with Gasteiger partial charge in [-0.3, -0.25) is 4.79 Å². The maximum atomic E-state index is 13.1. The predicted molar refractivity (Wildman–Crippen MR) is 122 cm³/mol. The molecule has 0 unspecified atom stereocenters. The van der Waals surface area contributed by atoms with Crippen molar-refractivity contribution in [2.75, 3.05) is 7.11 Å². The van der Waals surface area contributed by atoms with Crippen molar-refractivity contribution in [1.29, 1.82) is 0 Å². The van der Waals surface area contributed by atoms with Crippen LogP contribution in [0, 0.1) is 13.8 Å². The number of benzene rings is 2. The fourth-order valence-corrected chi connectivity index (χ4v) is 4.78. The number of nitrogens with zero attached hydrogens (tertiary/aromatic N) is 2. The largest absolute Gasteiger partial charge is 0.493 e. The van der Waals surface area contributed by atoms with E-state index in [4.69, 9.17) is 9.47 Å². The fraction of sp³-hybridized carbons (Fsp3) is 0.273. The first-order valence-corrected chi connectivity index (χ1v) is 10.9. The standard InChI is InChI=1S/C22H21BrN2O3S/c1-11(2)28-20-15(23)8-14(9-18(20)27-5)10-19-21(26)25-17-7-13(4)12(3)6-16(17)24-22(25)29-19/h6-11H,1-5H3/b19-10-. The number of fused-ring (bicyclic) bond motifs is 3. The lowest BCUT2D eigenvalue weighted by atomic mass is 10.1. The zero-order valence-electron chi connectivity index (χ0n) is 16.9. The van der Waals surface area contributed by atoms with E-state index in [2.05, 4.69) is 27.8 Å². The van der Waals surface area contributed by atoms with Gasteiger partial charge in [-0.1, -0.05) is 11.3 Å². The highest BCUT2D eigenvalue weighted by atomic mass is 79.9. The van der Waals surface area contributed by atoms with E-state index >= 15 is 0 Å². The van der Waals surface area contributed by atoms with Crippen LogP contribution in [-0.4, -0.2) is 22.6 Å². The van der Waals surface area contributed by atoms with Crippen LogP contribution in [0.4, 0.5) is 0 Å². The molecule has 2 aromatic heterocycles. The molecule has 0 N–H and O–H groups in total. The van der Waals surface area contributed by atoms with Crippen molar-refractivity contribution in [2.24, 2.45) is 0 Å². The molecule has 0 fully saturated rings. The van der Waals surface area contributed by atoms with Gasteiger partial charge in [-0.15, -0.1) is 0 Å². The second-order valence-electron chi connectivity index (χ2n) is 7.27. The van der Waals surface area contributed by atoms with Gasteiger partial charge < -0.3 is 9.47 Å². The minimum atomic E-state index is -0.0617. The highest BCUT2D eigenvalue weighted by Crippen LogP contribution is 2.37. The maximum absolute atomic E-state index is 13.1. The van der Waals surface area contributed by atoms with Crippen LogP contribution in [0.15, 0.2) is 33.5 Å². The molecule has 0 atom stereocenters. The molecule has 29 heavy (non-hydrogen) atoms. The van der Waals surface area contributed by atoms with E-state index in [9.17, 15) is 4.79 Å². The molecular weight excluding hydrogens is 452 g/mol. The number of hydrogen-bond donors (Lipinski definition) is 0. The van der Waals surface area contributed by atoms with Crippen LogP contribution < -0.4 is 19.6 Å². The summed E-state index contributed by atoms with van der Waals surface area (Å²) in [5.41, 5.74) is 4.80. The number of rotatable bonds is 4. The van der Waals surface area contributed by atoms with Gasteiger partial charge in [0.1, 0.15) is 0 Å². The Hall–Kier alpha value is -2.38. The summed E-state index contributed by atoms with van der Waals surface area (Å²) in [5, 5.41) is 0. The Bertz CT molecular complexity index is 1350. The molecule has 2 aromatic carbocycles. The zero-order chi connectivity index (χ0) is 20.9. The summed E-state index contributed by atoms with van der Waals surface area (Å²) >= 11 is 4.94. The molecular formula is C22H21BrN2O3S. The second kappa shape index (κ2) is 7.46. The highest BCUT2D eigenvalue weighted by Gasteiger charge is 2.15. The zero-order valence-corrected chi connectivity index (χ0v) is 19.3. The van der Waals surface area contributed by atoms with Crippen molar-refractivity contribution in [3.8, 4) is 11.5 Å². The topological polar surface area (TPSA) is 52.8 Å². The number of imidazole rings is 1. The Kier molecular flexibility index (Phi) is 5.12. The van der Waals surface area contributed by atoms with Crippen LogP contribution in [0.25, 0.3) is 22.1 Å². The second-order valence-corrected chi connectivity index (χ2v) is 9.13. The number of hydrogen-bond acceptors (Lipinski definition) is 5. The summed E-state index contributed by atoms with van der Waals surface area (Å²) in [7, 11) is 1.60. The number of halogens is 1. The summed E-state index contributed by atoms with van der Waals surface area (Å²) in [6.45, 7) is 8.02. The molecule has 0 amide bonds. The smallest absolute Gasteiger partial charge is 0.274 e. The lowest BCUT2D eigenvalue weighted by Gasteiger charge is -2.15. The molecule has 5 nitrogen and oxygen atoms in total. The molecule has 4 rings (SSSR count). The van der Waals surface area contributed by atoms with E-state index < -0.39 is 0 Å². The van der Waals surface area contributed by atoms with Gasteiger partial charge in [-0.2, -0.15) is 0 Å². The SMILES string of the molecule is COc1cc(/C=c2\sc3nc4cc(C)c(C)cc4n3c2=O)cc(Br)c1OC(C)C. The van der Waals surface area contributed by atoms with Crippen LogP contribution in [0.5, 0.6) is 11.5 Å². The average molecular weight is 473 g/mol. The number of ether oxygens (including phenoxy) is 2. The molecule has 0 saturated carbocycles. The molecule has 0 saturated heterocycles. The first kappa shape index (κ1) is 19.9. The van der Waals surface area contributed by atoms with Gasteiger partial charge in [0.25, 0.3) is 5.56 Å². The van der Waals surface area contributed by atoms with Crippen LogP contribution in [0.2, 0.25) is 0 Å². The number of methoxy groups -OCH3 is 1. The third kappa shape index (κ3) is 3.53. The van der Waals surface area contributed by atoms with Crippen LogP contribution in [-0.2, 0) is 0 Å². The van der Waals surface area contributed by atoms with Crippen LogP contribution in [0.1, 0.15) is 30.5 Å². The van der Waals surface area contributed by atoms with Crippen molar-refractivity contribution in [3.63, 3.8) is 0 Å². The maximum Gasteiger partial charge on any atom is 0.274 e. The van der Waals surface area contributed by atoms with E-state index in [1.165, 1.54) is 16.9 Å². The monoisotopic (exact) mass is 472 g/mol. The van der Waals surface area contributed by atoms with Gasteiger partial charge in [-0.05, 0) is 90.7 Å². The molecule has 7 heteroatoms. The third-order valence-corrected chi connectivity index (χ3v) is 6.32. The van der Waals surface area contributed by atoms with Crippen LogP contribution in [0.3, 0.4) is 0 Å². The molecule has 0 aliphatic rings. The Morgan fingerprint density at radius 1 is 1.17 bits per heavy atom. The molecule has 2 heterocycles. The number of thiazole rings is 1. The lowest BCUT2D eigenvalue weighted by Crippen LogP contribution is -2.22. The minimum absolute atomic E-state index is 0.0220.